The molecule has 0 atom stereocenters. The minimum absolute atomic E-state index is 0.324. The van der Waals surface area contributed by atoms with E-state index in [0.717, 1.165) is 28.4 Å². The summed E-state index contributed by atoms with van der Waals surface area (Å²) in [4.78, 5) is 6.24. The zero-order valence-corrected chi connectivity index (χ0v) is 19.1. The Balaban J connectivity index is 1.61. The van der Waals surface area contributed by atoms with Crippen molar-refractivity contribution >= 4 is 49.6 Å². The van der Waals surface area contributed by atoms with Gasteiger partial charge in [-0.25, -0.2) is 12.8 Å². The standard InChI is InChI=1S/C23H17ClFN5O2S/c1-29(22-18-8-7-16(24)12-20(18)30-13-26-28-23(30)27-22)17-5-3-4-14(10-17)15-6-9-21(19(25)11-15)33(2,31)32/h3-13H,1-2H3. The fourth-order valence-corrected chi connectivity index (χ4v) is 4.67. The third kappa shape index (κ3) is 3.79. The van der Waals surface area contributed by atoms with Gasteiger partial charge in [-0.3, -0.25) is 4.40 Å². The number of aromatic nitrogens is 4. The van der Waals surface area contributed by atoms with Gasteiger partial charge < -0.3 is 4.90 Å². The van der Waals surface area contributed by atoms with Gasteiger partial charge in [0.25, 0.3) is 5.78 Å². The molecule has 5 aromatic rings. The normalized spacial score (nSPS) is 11.9. The number of sulfone groups is 1. The average molecular weight is 482 g/mol. The lowest BCUT2D eigenvalue weighted by atomic mass is 10.0. The minimum Gasteiger partial charge on any atom is -0.329 e. The van der Waals surface area contributed by atoms with E-state index in [0.29, 0.717) is 22.2 Å². The molecule has 0 bridgehead atoms. The first kappa shape index (κ1) is 21.3. The maximum absolute atomic E-state index is 14.5. The van der Waals surface area contributed by atoms with E-state index in [2.05, 4.69) is 15.2 Å². The maximum Gasteiger partial charge on any atom is 0.257 e. The van der Waals surface area contributed by atoms with Crippen LogP contribution in [-0.2, 0) is 9.84 Å². The fourth-order valence-electron chi connectivity index (χ4n) is 3.78. The highest BCUT2D eigenvalue weighted by Gasteiger charge is 2.17. The average Bonchev–Trinajstić information content (AvgIpc) is 3.26. The summed E-state index contributed by atoms with van der Waals surface area (Å²) in [5, 5.41) is 9.46. The molecule has 5 rings (SSSR count). The van der Waals surface area contributed by atoms with E-state index in [1.165, 1.54) is 12.1 Å². The molecule has 0 aliphatic heterocycles. The van der Waals surface area contributed by atoms with E-state index in [-0.39, 0.29) is 4.90 Å². The Morgan fingerprint density at radius 3 is 2.58 bits per heavy atom. The lowest BCUT2D eigenvalue weighted by Crippen LogP contribution is -2.13. The smallest absolute Gasteiger partial charge is 0.257 e. The molecule has 0 radical (unpaired) electrons. The quantitative estimate of drug-likeness (QED) is 0.363. The third-order valence-electron chi connectivity index (χ3n) is 5.41. The lowest BCUT2D eigenvalue weighted by Gasteiger charge is -2.21. The summed E-state index contributed by atoms with van der Waals surface area (Å²) < 4.78 is 39.7. The highest BCUT2D eigenvalue weighted by molar-refractivity contribution is 7.90. The van der Waals surface area contributed by atoms with Crippen molar-refractivity contribution in [3.05, 3.63) is 77.8 Å². The summed E-state index contributed by atoms with van der Waals surface area (Å²) in [6.45, 7) is 0. The van der Waals surface area contributed by atoms with Crippen LogP contribution in [0.5, 0.6) is 0 Å². The van der Waals surface area contributed by atoms with Crippen molar-refractivity contribution < 1.29 is 12.8 Å². The second-order valence-electron chi connectivity index (χ2n) is 7.62. The number of anilines is 2. The van der Waals surface area contributed by atoms with Gasteiger partial charge in [-0.1, -0.05) is 29.8 Å². The van der Waals surface area contributed by atoms with Crippen LogP contribution in [0.2, 0.25) is 5.02 Å². The van der Waals surface area contributed by atoms with Crippen molar-refractivity contribution in [1.29, 1.82) is 0 Å². The van der Waals surface area contributed by atoms with Crippen molar-refractivity contribution in [3.8, 4) is 11.1 Å². The highest BCUT2D eigenvalue weighted by atomic mass is 35.5. The molecule has 2 heterocycles. The van der Waals surface area contributed by atoms with Crippen molar-refractivity contribution in [2.75, 3.05) is 18.2 Å². The van der Waals surface area contributed by atoms with Gasteiger partial charge >= 0.3 is 0 Å². The van der Waals surface area contributed by atoms with Crippen molar-refractivity contribution in [3.63, 3.8) is 0 Å². The van der Waals surface area contributed by atoms with E-state index >= 15 is 0 Å². The van der Waals surface area contributed by atoms with Crippen LogP contribution in [0.25, 0.3) is 27.8 Å². The molecule has 0 unspecified atom stereocenters. The van der Waals surface area contributed by atoms with E-state index < -0.39 is 15.7 Å². The van der Waals surface area contributed by atoms with Gasteiger partial charge in [0, 0.05) is 29.4 Å². The van der Waals surface area contributed by atoms with Crippen LogP contribution in [0.1, 0.15) is 0 Å². The van der Waals surface area contributed by atoms with E-state index in [9.17, 15) is 12.8 Å². The molecule has 0 N–H and O–H groups in total. The minimum atomic E-state index is -3.64. The van der Waals surface area contributed by atoms with Crippen LogP contribution in [0, 0.1) is 5.82 Å². The summed E-state index contributed by atoms with van der Waals surface area (Å²) >= 11 is 6.22. The number of benzene rings is 3. The Labute approximate surface area is 194 Å². The van der Waals surface area contributed by atoms with Gasteiger partial charge in [-0.15, -0.1) is 10.2 Å². The zero-order chi connectivity index (χ0) is 23.3. The molecule has 0 aliphatic rings. The number of hydrogen-bond donors (Lipinski definition) is 0. The lowest BCUT2D eigenvalue weighted by molar-refractivity contribution is 0.571. The molecule has 7 nitrogen and oxygen atoms in total. The maximum atomic E-state index is 14.5. The molecule has 166 valence electrons. The molecule has 0 aliphatic carbocycles. The zero-order valence-electron chi connectivity index (χ0n) is 17.6. The second-order valence-corrected chi connectivity index (χ2v) is 10.0. The molecule has 0 saturated heterocycles. The highest BCUT2D eigenvalue weighted by Crippen LogP contribution is 2.33. The predicted octanol–water partition coefficient (Wildman–Crippen LogP) is 4.91. The first-order valence-corrected chi connectivity index (χ1v) is 12.1. The van der Waals surface area contributed by atoms with Gasteiger partial charge in [0.1, 0.15) is 22.9 Å². The second kappa shape index (κ2) is 7.79. The monoisotopic (exact) mass is 481 g/mol. The molecule has 0 spiro atoms. The van der Waals surface area contributed by atoms with E-state index in [4.69, 9.17) is 11.6 Å². The van der Waals surface area contributed by atoms with E-state index in [1.54, 1.807) is 22.9 Å². The molecule has 33 heavy (non-hydrogen) atoms. The van der Waals surface area contributed by atoms with Crippen molar-refractivity contribution in [2.24, 2.45) is 0 Å². The Hall–Kier alpha value is -3.56. The topological polar surface area (TPSA) is 80.5 Å². The van der Waals surface area contributed by atoms with E-state index in [1.807, 2.05) is 48.3 Å². The summed E-state index contributed by atoms with van der Waals surface area (Å²) in [5.74, 6) is 0.301. The number of nitrogens with zero attached hydrogens (tertiary/aromatic N) is 5. The van der Waals surface area contributed by atoms with Crippen LogP contribution in [0.15, 0.2) is 71.9 Å². The van der Waals surface area contributed by atoms with Crippen LogP contribution in [0.3, 0.4) is 0 Å². The van der Waals surface area contributed by atoms with Crippen LogP contribution in [-0.4, -0.2) is 41.3 Å². The first-order chi connectivity index (χ1) is 15.7. The summed E-state index contributed by atoms with van der Waals surface area (Å²) in [6.07, 6.45) is 2.57. The molecular formula is C23H17ClFN5O2S. The fraction of sp³-hybridized carbons (Fsp3) is 0.0870. The van der Waals surface area contributed by atoms with Gasteiger partial charge in [-0.05, 0) is 53.6 Å². The summed E-state index contributed by atoms with van der Waals surface area (Å²) in [7, 11) is -1.77. The van der Waals surface area contributed by atoms with Gasteiger partial charge in [0.15, 0.2) is 9.84 Å². The molecule has 3 aromatic carbocycles. The Kier molecular flexibility index (Phi) is 5.02. The SMILES string of the molecule is CN(c1cccc(-c2ccc(S(C)(=O)=O)c(F)c2)c1)c1nc2nncn2c2cc(Cl)ccc12. The summed E-state index contributed by atoms with van der Waals surface area (Å²) in [5.41, 5.74) is 2.91. The molecule has 0 saturated carbocycles. The van der Waals surface area contributed by atoms with Crippen molar-refractivity contribution in [2.45, 2.75) is 4.90 Å². The van der Waals surface area contributed by atoms with Crippen LogP contribution in [0.4, 0.5) is 15.9 Å². The van der Waals surface area contributed by atoms with Crippen LogP contribution >= 0.6 is 11.6 Å². The molecule has 2 aromatic heterocycles. The number of hydrogen-bond acceptors (Lipinski definition) is 6. The van der Waals surface area contributed by atoms with Gasteiger partial charge in [0.05, 0.1) is 5.52 Å². The molecule has 0 fully saturated rings. The molecular weight excluding hydrogens is 465 g/mol. The third-order valence-corrected chi connectivity index (χ3v) is 6.78. The number of halogens is 2. The van der Waals surface area contributed by atoms with Crippen molar-refractivity contribution in [1.82, 2.24) is 19.6 Å². The Morgan fingerprint density at radius 2 is 1.82 bits per heavy atom. The Bertz CT molecular complexity index is 1650. The largest absolute Gasteiger partial charge is 0.329 e. The first-order valence-electron chi connectivity index (χ1n) is 9.85. The molecule has 0 amide bonds. The predicted molar refractivity (Wildman–Crippen MR) is 126 cm³/mol. The summed E-state index contributed by atoms with van der Waals surface area (Å²) in [6, 6.07) is 17.1. The van der Waals surface area contributed by atoms with Gasteiger partial charge in [-0.2, -0.15) is 4.98 Å². The number of fused-ring (bicyclic) bond motifs is 3. The van der Waals surface area contributed by atoms with Gasteiger partial charge in [0.2, 0.25) is 0 Å². The molecule has 10 heteroatoms. The Morgan fingerprint density at radius 1 is 1.03 bits per heavy atom. The van der Waals surface area contributed by atoms with Crippen LogP contribution < -0.4 is 4.90 Å². The number of rotatable bonds is 4.